The number of thiol groups is 1. The third-order valence-electron chi connectivity index (χ3n) is 0.809. The molecule has 2 N–H and O–H groups in total. The number of nitrogens with two attached hydrogens (primary N) is 1. The minimum absolute atomic E-state index is 0.482. The first kappa shape index (κ1) is 7.36. The van der Waals surface area contributed by atoms with E-state index < -0.39 is 6.03 Å². The van der Waals surface area contributed by atoms with Gasteiger partial charge in [0.25, 0.3) is 0 Å². The third-order valence-corrected chi connectivity index (χ3v) is 2.09. The number of nitrogens with zero attached hydrogens (tertiary/aromatic N) is 2. The maximum atomic E-state index is 10.4. The van der Waals surface area contributed by atoms with Crippen molar-refractivity contribution in [3.63, 3.8) is 0 Å². The van der Waals surface area contributed by atoms with E-state index in [2.05, 4.69) is 17.8 Å². The maximum absolute atomic E-state index is 10.4. The van der Waals surface area contributed by atoms with E-state index in [1.54, 1.807) is 11.6 Å². The molecule has 0 fully saturated rings. The molecule has 0 saturated heterocycles. The van der Waals surface area contributed by atoms with Gasteiger partial charge in [-0.25, -0.2) is 14.1 Å². The lowest BCUT2D eigenvalue weighted by Gasteiger charge is -2.05. The molecule has 0 radical (unpaired) electrons. The molecule has 0 aliphatic heterocycles. The van der Waals surface area contributed by atoms with E-state index in [1.807, 2.05) is 0 Å². The monoisotopic (exact) mass is 175 g/mol. The van der Waals surface area contributed by atoms with Gasteiger partial charge in [-0.05, 0) is 0 Å². The SMILES string of the molecule is NC(=O)N(S)c1nccs1. The van der Waals surface area contributed by atoms with Crippen LogP contribution in [0, 0.1) is 0 Å². The van der Waals surface area contributed by atoms with Crippen molar-refractivity contribution in [3.05, 3.63) is 11.6 Å². The van der Waals surface area contributed by atoms with Crippen molar-refractivity contribution in [1.82, 2.24) is 4.98 Å². The van der Waals surface area contributed by atoms with Crippen molar-refractivity contribution in [2.24, 2.45) is 5.73 Å². The van der Waals surface area contributed by atoms with Crippen LogP contribution in [0.5, 0.6) is 0 Å². The highest BCUT2D eigenvalue weighted by Crippen LogP contribution is 2.17. The van der Waals surface area contributed by atoms with Gasteiger partial charge in [0.2, 0.25) is 5.13 Å². The van der Waals surface area contributed by atoms with Crippen LogP contribution in [0.3, 0.4) is 0 Å². The number of rotatable bonds is 1. The highest BCUT2D eigenvalue weighted by molar-refractivity contribution is 7.83. The predicted molar refractivity (Wildman–Crippen MR) is 43.2 cm³/mol. The van der Waals surface area contributed by atoms with Gasteiger partial charge in [-0.3, -0.25) is 0 Å². The number of anilines is 1. The van der Waals surface area contributed by atoms with E-state index in [4.69, 9.17) is 5.73 Å². The quantitative estimate of drug-likeness (QED) is 0.622. The number of urea groups is 1. The van der Waals surface area contributed by atoms with Crippen LogP contribution >= 0.6 is 24.2 Å². The molecule has 1 heterocycles. The molecule has 0 unspecified atom stereocenters. The van der Waals surface area contributed by atoms with Gasteiger partial charge in [-0.15, -0.1) is 11.3 Å². The average molecular weight is 175 g/mol. The number of carbonyl (C=O) groups excluding carboxylic acids is 1. The summed E-state index contributed by atoms with van der Waals surface area (Å²) in [6.07, 6.45) is 1.58. The second-order valence-corrected chi connectivity index (χ2v) is 2.74. The molecular formula is C4H5N3OS2. The number of aromatic nitrogens is 1. The summed E-state index contributed by atoms with van der Waals surface area (Å²) in [6, 6.07) is -0.627. The number of hydrogen-bond acceptors (Lipinski definition) is 4. The standard InChI is InChI=1S/C4H5N3OS2/c5-3(8)7(9)4-6-1-2-10-4/h1-2,9H,(H2,5,8). The fourth-order valence-electron chi connectivity index (χ4n) is 0.415. The highest BCUT2D eigenvalue weighted by Gasteiger charge is 2.08. The van der Waals surface area contributed by atoms with Crippen molar-refractivity contribution in [1.29, 1.82) is 0 Å². The summed E-state index contributed by atoms with van der Waals surface area (Å²) in [4.78, 5) is 14.2. The van der Waals surface area contributed by atoms with E-state index in [0.717, 1.165) is 4.31 Å². The summed E-state index contributed by atoms with van der Waals surface area (Å²) in [5, 5.41) is 2.22. The first-order chi connectivity index (χ1) is 4.72. The molecule has 1 aromatic rings. The lowest BCUT2D eigenvalue weighted by Crippen LogP contribution is -2.26. The molecule has 0 aliphatic carbocycles. The number of carbonyl (C=O) groups is 1. The molecule has 1 aromatic heterocycles. The van der Waals surface area contributed by atoms with Crippen molar-refractivity contribution < 1.29 is 4.79 Å². The Hall–Kier alpha value is -0.750. The van der Waals surface area contributed by atoms with Crippen LogP contribution in [-0.2, 0) is 0 Å². The van der Waals surface area contributed by atoms with Crippen LogP contribution in [0.1, 0.15) is 0 Å². The largest absolute Gasteiger partial charge is 0.350 e. The zero-order chi connectivity index (χ0) is 7.56. The summed E-state index contributed by atoms with van der Waals surface area (Å²) in [7, 11) is 0. The molecule has 0 saturated carbocycles. The van der Waals surface area contributed by atoms with Crippen LogP contribution in [-0.4, -0.2) is 11.0 Å². The summed E-state index contributed by atoms with van der Waals surface area (Å²) in [6.45, 7) is 0. The molecule has 0 aliphatic rings. The number of amides is 2. The Morgan fingerprint density at radius 3 is 3.00 bits per heavy atom. The second-order valence-electron chi connectivity index (χ2n) is 1.46. The normalized spacial score (nSPS) is 9.30. The molecule has 4 nitrogen and oxygen atoms in total. The van der Waals surface area contributed by atoms with Gasteiger partial charge < -0.3 is 5.73 Å². The van der Waals surface area contributed by atoms with Gasteiger partial charge >= 0.3 is 6.03 Å². The molecule has 6 heteroatoms. The molecule has 2 amide bonds. The van der Waals surface area contributed by atoms with Crippen molar-refractivity contribution in [2.75, 3.05) is 4.31 Å². The van der Waals surface area contributed by atoms with Gasteiger partial charge in [-0.2, -0.15) is 0 Å². The molecule has 0 bridgehead atoms. The fraction of sp³-hybridized carbons (Fsp3) is 0. The Balaban J connectivity index is 2.77. The lowest BCUT2D eigenvalue weighted by molar-refractivity contribution is 0.257. The van der Waals surface area contributed by atoms with Crippen LogP contribution in [0.2, 0.25) is 0 Å². The van der Waals surface area contributed by atoms with Gasteiger partial charge in [0.1, 0.15) is 0 Å². The molecule has 0 aromatic carbocycles. The van der Waals surface area contributed by atoms with Crippen molar-refractivity contribution in [3.8, 4) is 0 Å². The maximum Gasteiger partial charge on any atom is 0.331 e. The zero-order valence-electron chi connectivity index (χ0n) is 4.89. The summed E-state index contributed by atoms with van der Waals surface area (Å²) in [5.74, 6) is 0. The van der Waals surface area contributed by atoms with Gasteiger partial charge in [0.05, 0.1) is 0 Å². The molecule has 10 heavy (non-hydrogen) atoms. The summed E-state index contributed by atoms with van der Waals surface area (Å²) >= 11 is 5.08. The zero-order valence-corrected chi connectivity index (χ0v) is 6.60. The van der Waals surface area contributed by atoms with Gasteiger partial charge in [-0.1, -0.05) is 12.8 Å². The number of hydrogen-bond donors (Lipinski definition) is 2. The first-order valence-electron chi connectivity index (χ1n) is 2.39. The Labute approximate surface area is 67.2 Å². The summed E-state index contributed by atoms with van der Waals surface area (Å²) < 4.78 is 0.991. The lowest BCUT2D eigenvalue weighted by atomic mass is 10.9. The van der Waals surface area contributed by atoms with Crippen LogP contribution < -0.4 is 10.0 Å². The van der Waals surface area contributed by atoms with Crippen LogP contribution in [0.4, 0.5) is 9.93 Å². The van der Waals surface area contributed by atoms with E-state index in [1.165, 1.54) is 11.3 Å². The number of thiazole rings is 1. The van der Waals surface area contributed by atoms with Crippen LogP contribution in [0.15, 0.2) is 11.6 Å². The Kier molecular flexibility index (Phi) is 2.13. The van der Waals surface area contributed by atoms with Crippen molar-refractivity contribution >= 4 is 35.3 Å². The smallest absolute Gasteiger partial charge is 0.331 e. The topological polar surface area (TPSA) is 59.2 Å². The van der Waals surface area contributed by atoms with Gasteiger partial charge in [0.15, 0.2) is 0 Å². The molecular weight excluding hydrogens is 170 g/mol. The molecule has 1 rings (SSSR count). The summed E-state index contributed by atoms with van der Waals surface area (Å²) in [5.41, 5.74) is 4.90. The minimum Gasteiger partial charge on any atom is -0.350 e. The van der Waals surface area contributed by atoms with E-state index in [-0.39, 0.29) is 0 Å². The van der Waals surface area contributed by atoms with Crippen LogP contribution in [0.25, 0.3) is 0 Å². The van der Waals surface area contributed by atoms with Crippen molar-refractivity contribution in [2.45, 2.75) is 0 Å². The van der Waals surface area contributed by atoms with E-state index in [9.17, 15) is 4.79 Å². The third kappa shape index (κ3) is 1.39. The first-order valence-corrected chi connectivity index (χ1v) is 3.67. The molecule has 0 atom stereocenters. The Morgan fingerprint density at radius 2 is 2.60 bits per heavy atom. The van der Waals surface area contributed by atoms with E-state index >= 15 is 0 Å². The molecule has 0 spiro atoms. The Bertz CT molecular complexity index is 222. The second kappa shape index (κ2) is 2.89. The minimum atomic E-state index is -0.627. The number of primary amides is 1. The predicted octanol–water partition coefficient (Wildman–Crippen LogP) is 0.873. The highest BCUT2D eigenvalue weighted by atomic mass is 32.1. The molecule has 54 valence electrons. The fourth-order valence-corrected chi connectivity index (χ4v) is 1.16. The van der Waals surface area contributed by atoms with E-state index in [0.29, 0.717) is 5.13 Å². The van der Waals surface area contributed by atoms with Gasteiger partial charge in [0, 0.05) is 11.6 Å². The average Bonchev–Trinajstić information content (AvgIpc) is 2.36. The Morgan fingerprint density at radius 1 is 1.90 bits per heavy atom.